The Balaban J connectivity index is 0.986. The number of fused-ring (bicyclic) bond motifs is 7. The Labute approximate surface area is 266 Å². The third kappa shape index (κ3) is 4.08. The molecule has 1 aromatic rings. The van der Waals surface area contributed by atoms with E-state index >= 15 is 0 Å². The van der Waals surface area contributed by atoms with E-state index in [0.717, 1.165) is 68.3 Å². The minimum Gasteiger partial charge on any atom is -0.464 e. The van der Waals surface area contributed by atoms with Crippen LogP contribution in [0.25, 0.3) is 17.9 Å². The van der Waals surface area contributed by atoms with Gasteiger partial charge in [0.15, 0.2) is 0 Å². The summed E-state index contributed by atoms with van der Waals surface area (Å²) >= 11 is 0. The Hall–Kier alpha value is -3.98. The summed E-state index contributed by atoms with van der Waals surface area (Å²) in [6, 6.07) is 0.576. The van der Waals surface area contributed by atoms with Crippen molar-refractivity contribution in [3.8, 4) is 0 Å². The second-order valence-electron chi connectivity index (χ2n) is 14.2. The summed E-state index contributed by atoms with van der Waals surface area (Å²) in [7, 11) is 0. The SMILES string of the molecule is C1=CC(C2C=Cc3oc4c(c3C2)=C2OC3=C(C=C(C5=CC6=C(CC5)N(C5=CCCC=C5)C5CCC=CC65)CC3)C2CC=4)=CCC1. The predicted molar refractivity (Wildman–Crippen MR) is 180 cm³/mol. The Bertz CT molecular complexity index is 1960. The molecule has 0 radical (unpaired) electrons. The highest BCUT2D eigenvalue weighted by Crippen LogP contribution is 2.50. The third-order valence-corrected chi connectivity index (χ3v) is 11.7. The number of hydrogen-bond donors (Lipinski definition) is 0. The van der Waals surface area contributed by atoms with E-state index in [1.165, 1.54) is 64.6 Å². The molecule has 0 amide bonds. The topological polar surface area (TPSA) is 25.6 Å². The fourth-order valence-electron chi connectivity index (χ4n) is 9.59. The fraction of sp³-hybridized carbons (Fsp3) is 0.381. The van der Waals surface area contributed by atoms with Crippen LogP contribution in [0.5, 0.6) is 0 Å². The van der Waals surface area contributed by atoms with Crippen molar-refractivity contribution >= 4 is 17.9 Å². The molecule has 0 saturated heterocycles. The van der Waals surface area contributed by atoms with Gasteiger partial charge in [-0.25, -0.2) is 0 Å². The largest absolute Gasteiger partial charge is 0.464 e. The number of rotatable bonds is 3. The van der Waals surface area contributed by atoms with Crippen LogP contribution in [0.1, 0.15) is 82.0 Å². The highest BCUT2D eigenvalue weighted by atomic mass is 16.5. The zero-order chi connectivity index (χ0) is 29.5. The van der Waals surface area contributed by atoms with E-state index in [-0.39, 0.29) is 0 Å². The summed E-state index contributed by atoms with van der Waals surface area (Å²) in [6.07, 6.45) is 44.6. The van der Waals surface area contributed by atoms with Crippen LogP contribution in [-0.4, -0.2) is 10.9 Å². The molecule has 4 unspecified atom stereocenters. The maximum Gasteiger partial charge on any atom is 0.134 e. The number of ether oxygens (including phenoxy) is 1. The molecule has 3 nitrogen and oxygen atoms in total. The molecular formula is C42H41NO2. The van der Waals surface area contributed by atoms with Gasteiger partial charge in [0.1, 0.15) is 22.7 Å². The van der Waals surface area contributed by atoms with E-state index < -0.39 is 0 Å². The van der Waals surface area contributed by atoms with E-state index in [4.69, 9.17) is 9.15 Å². The van der Waals surface area contributed by atoms with Crippen LogP contribution in [0.15, 0.2) is 116 Å². The molecule has 0 fully saturated rings. The molecule has 2 aliphatic heterocycles. The molecular weight excluding hydrogens is 550 g/mol. The van der Waals surface area contributed by atoms with Gasteiger partial charge in [-0.3, -0.25) is 0 Å². The first-order valence-electron chi connectivity index (χ1n) is 17.6. The van der Waals surface area contributed by atoms with Crippen molar-refractivity contribution in [3.05, 3.63) is 134 Å². The van der Waals surface area contributed by atoms with E-state index in [2.05, 4.69) is 83.9 Å². The summed E-state index contributed by atoms with van der Waals surface area (Å²) in [5.41, 5.74) is 12.9. The van der Waals surface area contributed by atoms with Crippen molar-refractivity contribution in [1.29, 1.82) is 0 Å². The number of furan rings is 1. The van der Waals surface area contributed by atoms with Crippen LogP contribution < -0.4 is 10.6 Å². The second kappa shape index (κ2) is 10.3. The molecule has 9 aliphatic rings. The van der Waals surface area contributed by atoms with E-state index in [0.29, 0.717) is 23.8 Å². The molecule has 3 heterocycles. The summed E-state index contributed by atoms with van der Waals surface area (Å²) in [5, 5.41) is 1.25. The van der Waals surface area contributed by atoms with Gasteiger partial charge in [-0.15, -0.1) is 0 Å². The lowest BCUT2D eigenvalue weighted by atomic mass is 9.79. The molecule has 4 atom stereocenters. The normalized spacial score (nSPS) is 30.8. The monoisotopic (exact) mass is 591 g/mol. The minimum absolute atomic E-state index is 0.305. The molecule has 226 valence electrons. The van der Waals surface area contributed by atoms with Gasteiger partial charge in [-0.2, -0.15) is 0 Å². The zero-order valence-electron chi connectivity index (χ0n) is 26.1. The first-order valence-corrected chi connectivity index (χ1v) is 17.6. The Morgan fingerprint density at radius 2 is 1.62 bits per heavy atom. The average molecular weight is 592 g/mol. The van der Waals surface area contributed by atoms with Gasteiger partial charge < -0.3 is 14.1 Å². The maximum atomic E-state index is 6.82. The molecule has 0 spiro atoms. The lowest BCUT2D eigenvalue weighted by molar-refractivity contribution is 0.289. The first kappa shape index (κ1) is 26.3. The molecule has 0 saturated carbocycles. The molecule has 10 rings (SSSR count). The van der Waals surface area contributed by atoms with Crippen LogP contribution in [-0.2, 0) is 11.2 Å². The van der Waals surface area contributed by atoms with Crippen molar-refractivity contribution < 1.29 is 9.15 Å². The number of allylic oxidation sites excluding steroid dienone is 15. The van der Waals surface area contributed by atoms with Crippen molar-refractivity contribution in [2.75, 3.05) is 0 Å². The van der Waals surface area contributed by atoms with E-state index in [1.807, 2.05) is 0 Å². The van der Waals surface area contributed by atoms with Gasteiger partial charge in [0.25, 0.3) is 0 Å². The Morgan fingerprint density at radius 3 is 2.49 bits per heavy atom. The average Bonchev–Trinajstić information content (AvgIpc) is 3.77. The van der Waals surface area contributed by atoms with Gasteiger partial charge >= 0.3 is 0 Å². The first-order chi connectivity index (χ1) is 22.3. The quantitative estimate of drug-likeness (QED) is 0.330. The lowest BCUT2D eigenvalue weighted by Crippen LogP contribution is -2.34. The van der Waals surface area contributed by atoms with Crippen LogP contribution in [0.3, 0.4) is 0 Å². The third-order valence-electron chi connectivity index (χ3n) is 11.7. The highest BCUT2D eigenvalue weighted by molar-refractivity contribution is 5.66. The van der Waals surface area contributed by atoms with E-state index in [1.54, 1.807) is 16.8 Å². The Kier molecular flexibility index (Phi) is 5.99. The van der Waals surface area contributed by atoms with Crippen LogP contribution in [0.4, 0.5) is 0 Å². The van der Waals surface area contributed by atoms with Crippen molar-refractivity contribution in [3.63, 3.8) is 0 Å². The summed E-state index contributed by atoms with van der Waals surface area (Å²) < 4.78 is 13.3. The fourth-order valence-corrected chi connectivity index (χ4v) is 9.59. The standard InChI is InChI=1S/C42H41NO2/c1-3-9-26(10-4-1)27-16-21-39-35(25-27)41-40(44-39)22-18-32-34-24-29(17-20-38(34)45-42(32)41)28-15-19-37-33(23-28)31-13-7-8-14-36(31)43(37)30-11-5-2-6-12-30/h3,5,7,9-13,16,21-24,27,31-32,36H,1-2,4,6,8,14-15,17-20,25H2. The summed E-state index contributed by atoms with van der Waals surface area (Å²) in [6.45, 7) is 0. The molecule has 3 heteroatoms. The van der Waals surface area contributed by atoms with Gasteiger partial charge in [-0.1, -0.05) is 60.8 Å². The molecule has 0 bridgehead atoms. The number of nitrogens with zero attached hydrogens (tertiary/aromatic N) is 1. The van der Waals surface area contributed by atoms with Crippen molar-refractivity contribution in [1.82, 2.24) is 4.90 Å². The highest BCUT2D eigenvalue weighted by Gasteiger charge is 2.42. The summed E-state index contributed by atoms with van der Waals surface area (Å²) in [4.78, 5) is 2.73. The van der Waals surface area contributed by atoms with Gasteiger partial charge in [-0.05, 0) is 111 Å². The van der Waals surface area contributed by atoms with Crippen LogP contribution in [0, 0.1) is 17.8 Å². The molecule has 7 aliphatic carbocycles. The molecule has 0 aromatic carbocycles. The predicted octanol–water partition coefficient (Wildman–Crippen LogP) is 8.51. The second-order valence-corrected chi connectivity index (χ2v) is 14.2. The molecule has 0 N–H and O–H groups in total. The van der Waals surface area contributed by atoms with Crippen molar-refractivity contribution in [2.24, 2.45) is 17.8 Å². The van der Waals surface area contributed by atoms with Crippen LogP contribution >= 0.6 is 0 Å². The maximum absolute atomic E-state index is 6.82. The molecule has 1 aromatic heterocycles. The number of hydrogen-bond acceptors (Lipinski definition) is 3. The minimum atomic E-state index is 0.305. The Morgan fingerprint density at radius 1 is 0.756 bits per heavy atom. The van der Waals surface area contributed by atoms with Gasteiger partial charge in [0, 0.05) is 52.7 Å². The molecule has 45 heavy (non-hydrogen) atoms. The lowest BCUT2D eigenvalue weighted by Gasteiger charge is -2.35. The van der Waals surface area contributed by atoms with Gasteiger partial charge in [0.05, 0.1) is 5.22 Å². The van der Waals surface area contributed by atoms with E-state index in [9.17, 15) is 0 Å². The summed E-state index contributed by atoms with van der Waals surface area (Å²) in [5.74, 6) is 4.62. The van der Waals surface area contributed by atoms with Crippen molar-refractivity contribution in [2.45, 2.75) is 83.1 Å². The zero-order valence-corrected chi connectivity index (χ0v) is 26.1. The smallest absolute Gasteiger partial charge is 0.134 e. The van der Waals surface area contributed by atoms with Crippen LogP contribution in [0.2, 0.25) is 0 Å². The van der Waals surface area contributed by atoms with Gasteiger partial charge in [0.2, 0.25) is 0 Å².